The molecule has 0 aliphatic carbocycles. The van der Waals surface area contributed by atoms with Gasteiger partial charge in [-0.25, -0.2) is 0 Å². The standard InChI is InChI=1S/C7H14N2/c1-4-8-6-7(3)9-5-2/h4,6-7,9H,1,5H2,2-3H3/t7-/m0/s1. The Hall–Kier alpha value is -0.630. The van der Waals surface area contributed by atoms with Gasteiger partial charge in [-0.15, -0.1) is 0 Å². The molecule has 0 radical (unpaired) electrons. The molecule has 0 rings (SSSR count). The zero-order valence-electron chi connectivity index (χ0n) is 6.09. The van der Waals surface area contributed by atoms with Crippen molar-refractivity contribution in [1.82, 2.24) is 5.32 Å². The van der Waals surface area contributed by atoms with Crippen molar-refractivity contribution in [3.63, 3.8) is 0 Å². The molecule has 0 fully saturated rings. The number of hydrogen-bond acceptors (Lipinski definition) is 2. The van der Waals surface area contributed by atoms with E-state index in [9.17, 15) is 0 Å². The summed E-state index contributed by atoms with van der Waals surface area (Å²) in [6, 6.07) is 0.355. The Morgan fingerprint density at radius 3 is 2.89 bits per heavy atom. The molecular formula is C7H14N2. The first-order valence-corrected chi connectivity index (χ1v) is 3.18. The van der Waals surface area contributed by atoms with Gasteiger partial charge in [0.05, 0.1) is 0 Å². The van der Waals surface area contributed by atoms with Gasteiger partial charge in [0.1, 0.15) is 0 Å². The lowest BCUT2D eigenvalue weighted by Crippen LogP contribution is -2.26. The molecule has 0 amide bonds. The van der Waals surface area contributed by atoms with Crippen LogP contribution in [-0.2, 0) is 0 Å². The fourth-order valence-corrected chi connectivity index (χ4v) is 0.565. The zero-order valence-corrected chi connectivity index (χ0v) is 6.09. The van der Waals surface area contributed by atoms with Gasteiger partial charge in [-0.1, -0.05) is 13.5 Å². The highest BCUT2D eigenvalue weighted by atomic mass is 14.9. The van der Waals surface area contributed by atoms with Crippen LogP contribution < -0.4 is 5.32 Å². The Morgan fingerprint density at radius 2 is 2.44 bits per heavy atom. The smallest absolute Gasteiger partial charge is 0.0395 e. The summed E-state index contributed by atoms with van der Waals surface area (Å²) in [4.78, 5) is 3.87. The van der Waals surface area contributed by atoms with Gasteiger partial charge in [-0.2, -0.15) is 0 Å². The average Bonchev–Trinajstić information content (AvgIpc) is 1.85. The summed E-state index contributed by atoms with van der Waals surface area (Å²) < 4.78 is 0. The maximum absolute atomic E-state index is 3.87. The van der Waals surface area contributed by atoms with Crippen LogP contribution in [0.5, 0.6) is 0 Å². The first-order chi connectivity index (χ1) is 4.31. The van der Waals surface area contributed by atoms with Gasteiger partial charge in [0.2, 0.25) is 0 Å². The van der Waals surface area contributed by atoms with Crippen LogP contribution in [0.1, 0.15) is 13.8 Å². The molecular weight excluding hydrogens is 112 g/mol. The molecule has 0 unspecified atom stereocenters. The summed E-state index contributed by atoms with van der Waals surface area (Å²) in [6.45, 7) is 8.56. The number of nitrogens with zero attached hydrogens (tertiary/aromatic N) is 1. The summed E-state index contributed by atoms with van der Waals surface area (Å²) in [7, 11) is 0. The maximum Gasteiger partial charge on any atom is 0.0395 e. The molecule has 2 heteroatoms. The third-order valence-corrected chi connectivity index (χ3v) is 0.941. The topological polar surface area (TPSA) is 24.4 Å². The van der Waals surface area contributed by atoms with Gasteiger partial charge in [-0.3, -0.25) is 4.99 Å². The predicted molar refractivity (Wildman–Crippen MR) is 41.8 cm³/mol. The maximum atomic E-state index is 3.87. The molecule has 0 bridgehead atoms. The summed E-state index contributed by atoms with van der Waals surface area (Å²) in [5, 5.41) is 3.18. The van der Waals surface area contributed by atoms with Crippen molar-refractivity contribution in [2.75, 3.05) is 6.54 Å². The Bertz CT molecular complexity index is 97.1. The van der Waals surface area contributed by atoms with Gasteiger partial charge in [0, 0.05) is 18.5 Å². The molecule has 0 aromatic carbocycles. The van der Waals surface area contributed by atoms with Crippen LogP contribution in [0.15, 0.2) is 17.8 Å². The van der Waals surface area contributed by atoms with Gasteiger partial charge in [0.15, 0.2) is 0 Å². The minimum absolute atomic E-state index is 0.355. The fraction of sp³-hybridized carbons (Fsp3) is 0.571. The lowest BCUT2D eigenvalue weighted by Gasteiger charge is -2.03. The second-order valence-corrected chi connectivity index (χ2v) is 1.83. The largest absolute Gasteiger partial charge is 0.310 e. The first kappa shape index (κ1) is 8.37. The van der Waals surface area contributed by atoms with E-state index in [1.165, 1.54) is 6.20 Å². The Labute approximate surface area is 56.7 Å². The van der Waals surface area contributed by atoms with Crippen LogP contribution in [0.3, 0.4) is 0 Å². The summed E-state index contributed by atoms with van der Waals surface area (Å²) in [5.41, 5.74) is 0. The van der Waals surface area contributed by atoms with Gasteiger partial charge >= 0.3 is 0 Å². The highest BCUT2D eigenvalue weighted by Crippen LogP contribution is 1.75. The van der Waals surface area contributed by atoms with Crippen molar-refractivity contribution < 1.29 is 0 Å². The minimum atomic E-state index is 0.355. The number of nitrogens with one attached hydrogen (secondary N) is 1. The molecule has 0 aromatic heterocycles. The summed E-state index contributed by atoms with van der Waals surface area (Å²) in [6.07, 6.45) is 3.37. The molecule has 52 valence electrons. The summed E-state index contributed by atoms with van der Waals surface area (Å²) >= 11 is 0. The fourth-order valence-electron chi connectivity index (χ4n) is 0.565. The average molecular weight is 126 g/mol. The first-order valence-electron chi connectivity index (χ1n) is 3.18. The number of hydrogen-bond donors (Lipinski definition) is 1. The Morgan fingerprint density at radius 1 is 1.78 bits per heavy atom. The lowest BCUT2D eigenvalue weighted by atomic mass is 10.4. The SMILES string of the molecule is C=CN=C[C@H](C)NCC. The molecule has 9 heavy (non-hydrogen) atoms. The van der Waals surface area contributed by atoms with E-state index < -0.39 is 0 Å². The molecule has 0 aliphatic heterocycles. The summed E-state index contributed by atoms with van der Waals surface area (Å²) in [5.74, 6) is 0. The van der Waals surface area contributed by atoms with Crippen molar-refractivity contribution >= 4 is 6.21 Å². The van der Waals surface area contributed by atoms with Crippen molar-refractivity contribution in [3.8, 4) is 0 Å². The molecule has 1 atom stereocenters. The van der Waals surface area contributed by atoms with E-state index >= 15 is 0 Å². The van der Waals surface area contributed by atoms with Crippen LogP contribution in [0.4, 0.5) is 0 Å². The Kier molecular flexibility index (Phi) is 5.12. The van der Waals surface area contributed by atoms with E-state index in [4.69, 9.17) is 0 Å². The monoisotopic (exact) mass is 126 g/mol. The minimum Gasteiger partial charge on any atom is -0.310 e. The van der Waals surface area contributed by atoms with E-state index in [2.05, 4.69) is 30.7 Å². The molecule has 2 nitrogen and oxygen atoms in total. The molecule has 0 spiro atoms. The van der Waals surface area contributed by atoms with Crippen LogP contribution in [-0.4, -0.2) is 18.8 Å². The quantitative estimate of drug-likeness (QED) is 0.562. The van der Waals surface area contributed by atoms with Crippen molar-refractivity contribution in [1.29, 1.82) is 0 Å². The Balaban J connectivity index is 3.35. The van der Waals surface area contributed by atoms with E-state index in [1.807, 2.05) is 6.21 Å². The molecule has 0 heterocycles. The molecule has 0 aliphatic rings. The van der Waals surface area contributed by atoms with Crippen LogP contribution >= 0.6 is 0 Å². The van der Waals surface area contributed by atoms with Gasteiger partial charge in [-0.05, 0) is 13.5 Å². The van der Waals surface area contributed by atoms with Crippen molar-refractivity contribution in [2.45, 2.75) is 19.9 Å². The lowest BCUT2D eigenvalue weighted by molar-refractivity contribution is 0.696. The van der Waals surface area contributed by atoms with Crippen molar-refractivity contribution in [2.24, 2.45) is 4.99 Å². The molecule has 1 N–H and O–H groups in total. The van der Waals surface area contributed by atoms with Crippen LogP contribution in [0, 0.1) is 0 Å². The van der Waals surface area contributed by atoms with E-state index in [1.54, 1.807) is 0 Å². The van der Waals surface area contributed by atoms with Crippen molar-refractivity contribution in [3.05, 3.63) is 12.8 Å². The third kappa shape index (κ3) is 5.24. The van der Waals surface area contributed by atoms with Gasteiger partial charge < -0.3 is 5.32 Å². The highest BCUT2D eigenvalue weighted by molar-refractivity contribution is 5.64. The van der Waals surface area contributed by atoms with Gasteiger partial charge in [0.25, 0.3) is 0 Å². The second kappa shape index (κ2) is 5.51. The van der Waals surface area contributed by atoms with E-state index in [-0.39, 0.29) is 0 Å². The second-order valence-electron chi connectivity index (χ2n) is 1.83. The molecule has 0 aromatic rings. The van der Waals surface area contributed by atoms with Crippen LogP contribution in [0.25, 0.3) is 0 Å². The molecule has 0 saturated carbocycles. The normalized spacial score (nSPS) is 14.0. The van der Waals surface area contributed by atoms with Crippen LogP contribution in [0.2, 0.25) is 0 Å². The number of aliphatic imine (C=N–C) groups is 1. The number of rotatable bonds is 4. The highest BCUT2D eigenvalue weighted by Gasteiger charge is 1.89. The van der Waals surface area contributed by atoms with E-state index in [0.29, 0.717) is 6.04 Å². The van der Waals surface area contributed by atoms with E-state index in [0.717, 1.165) is 6.54 Å². The molecule has 0 saturated heterocycles. The predicted octanol–water partition coefficient (Wildman–Crippen LogP) is 1.20. The zero-order chi connectivity index (χ0) is 7.11. The third-order valence-electron chi connectivity index (χ3n) is 0.941.